The van der Waals surface area contributed by atoms with Gasteiger partial charge in [0.05, 0.1) is 0 Å². The number of aromatic nitrogens is 1. The third kappa shape index (κ3) is 1.99. The maximum absolute atomic E-state index is 9.95. The predicted octanol–water partition coefficient (Wildman–Crippen LogP) is 2.70. The fourth-order valence-corrected chi connectivity index (χ4v) is 1.70. The first-order chi connectivity index (χ1) is 6.77. The standard InChI is InChI=1S/C11H10INO/c12-10-3-1-8(2-4-10)11(14)9-5-6-13-7-9/h1-7,11,13-14H. The maximum atomic E-state index is 9.95. The van der Waals surface area contributed by atoms with Crippen LogP contribution in [0.5, 0.6) is 0 Å². The van der Waals surface area contributed by atoms with Gasteiger partial charge < -0.3 is 10.1 Å². The van der Waals surface area contributed by atoms with E-state index in [1.165, 1.54) is 3.57 Å². The Bertz CT molecular complexity index is 394. The number of hydrogen-bond donors (Lipinski definition) is 2. The summed E-state index contributed by atoms with van der Waals surface area (Å²) in [5, 5.41) is 9.95. The lowest BCUT2D eigenvalue weighted by Gasteiger charge is -2.08. The summed E-state index contributed by atoms with van der Waals surface area (Å²) in [7, 11) is 0. The molecule has 0 bridgehead atoms. The molecule has 1 aromatic carbocycles. The van der Waals surface area contributed by atoms with E-state index in [0.29, 0.717) is 0 Å². The smallest absolute Gasteiger partial charge is 0.106 e. The molecule has 0 fully saturated rings. The van der Waals surface area contributed by atoms with Crippen LogP contribution in [0.25, 0.3) is 0 Å². The minimum Gasteiger partial charge on any atom is -0.384 e. The highest BCUT2D eigenvalue weighted by molar-refractivity contribution is 14.1. The zero-order chi connectivity index (χ0) is 9.97. The molecule has 0 spiro atoms. The normalized spacial score (nSPS) is 12.7. The van der Waals surface area contributed by atoms with Crippen LogP contribution in [-0.2, 0) is 0 Å². The Morgan fingerprint density at radius 2 is 1.79 bits per heavy atom. The van der Waals surface area contributed by atoms with Crippen molar-refractivity contribution >= 4 is 22.6 Å². The van der Waals surface area contributed by atoms with E-state index in [9.17, 15) is 5.11 Å². The molecule has 2 aromatic rings. The molecule has 1 unspecified atom stereocenters. The summed E-state index contributed by atoms with van der Waals surface area (Å²) in [5.74, 6) is 0. The monoisotopic (exact) mass is 299 g/mol. The van der Waals surface area contributed by atoms with Gasteiger partial charge in [-0.2, -0.15) is 0 Å². The van der Waals surface area contributed by atoms with Gasteiger partial charge in [-0.3, -0.25) is 0 Å². The second-order valence-electron chi connectivity index (χ2n) is 3.10. The number of aliphatic hydroxyl groups is 1. The van der Waals surface area contributed by atoms with Crippen molar-refractivity contribution in [3.05, 3.63) is 57.4 Å². The van der Waals surface area contributed by atoms with Crippen LogP contribution in [0.3, 0.4) is 0 Å². The molecule has 0 aliphatic rings. The molecule has 2 rings (SSSR count). The molecule has 0 aliphatic carbocycles. The number of rotatable bonds is 2. The number of halogens is 1. The molecule has 0 amide bonds. The zero-order valence-electron chi connectivity index (χ0n) is 7.44. The van der Waals surface area contributed by atoms with Crippen molar-refractivity contribution < 1.29 is 5.11 Å². The molecule has 2 N–H and O–H groups in total. The molecule has 0 radical (unpaired) electrons. The minimum absolute atomic E-state index is 0.529. The van der Waals surface area contributed by atoms with Crippen molar-refractivity contribution in [1.29, 1.82) is 0 Å². The first kappa shape index (κ1) is 9.73. The predicted molar refractivity (Wildman–Crippen MR) is 64.0 cm³/mol. The molecule has 1 heterocycles. The van der Waals surface area contributed by atoms with Gasteiger partial charge in [-0.1, -0.05) is 12.1 Å². The SMILES string of the molecule is OC(c1ccc(I)cc1)c1cc[nH]c1. The van der Waals surface area contributed by atoms with Crippen molar-refractivity contribution in [1.82, 2.24) is 4.98 Å². The van der Waals surface area contributed by atoms with Crippen molar-refractivity contribution in [2.24, 2.45) is 0 Å². The largest absolute Gasteiger partial charge is 0.384 e. The van der Waals surface area contributed by atoms with Crippen LogP contribution in [0, 0.1) is 3.57 Å². The van der Waals surface area contributed by atoms with Crippen molar-refractivity contribution in [2.45, 2.75) is 6.10 Å². The summed E-state index contributed by atoms with van der Waals surface area (Å²) in [6.07, 6.45) is 3.09. The first-order valence-electron chi connectivity index (χ1n) is 4.33. The Kier molecular flexibility index (Phi) is 2.88. The molecule has 1 aromatic heterocycles. The summed E-state index contributed by atoms with van der Waals surface area (Å²) in [5.41, 5.74) is 1.82. The van der Waals surface area contributed by atoms with E-state index >= 15 is 0 Å². The third-order valence-corrected chi connectivity index (χ3v) is 2.84. The first-order valence-corrected chi connectivity index (χ1v) is 5.41. The molecule has 72 valence electrons. The van der Waals surface area contributed by atoms with Gasteiger partial charge in [-0.25, -0.2) is 0 Å². The Morgan fingerprint density at radius 1 is 1.07 bits per heavy atom. The van der Waals surface area contributed by atoms with Gasteiger partial charge in [-0.15, -0.1) is 0 Å². The zero-order valence-corrected chi connectivity index (χ0v) is 9.60. The second kappa shape index (κ2) is 4.14. The van der Waals surface area contributed by atoms with Crippen LogP contribution in [0.4, 0.5) is 0 Å². The van der Waals surface area contributed by atoms with E-state index in [0.717, 1.165) is 11.1 Å². The van der Waals surface area contributed by atoms with Crippen LogP contribution in [0.15, 0.2) is 42.7 Å². The lowest BCUT2D eigenvalue weighted by Crippen LogP contribution is -1.97. The Morgan fingerprint density at radius 3 is 2.36 bits per heavy atom. The summed E-state index contributed by atoms with van der Waals surface area (Å²) < 4.78 is 1.17. The Labute approximate surface area is 96.1 Å². The Balaban J connectivity index is 2.28. The van der Waals surface area contributed by atoms with E-state index in [1.54, 1.807) is 0 Å². The number of benzene rings is 1. The van der Waals surface area contributed by atoms with E-state index < -0.39 is 6.10 Å². The number of aromatic amines is 1. The van der Waals surface area contributed by atoms with E-state index in [1.807, 2.05) is 42.7 Å². The summed E-state index contributed by atoms with van der Waals surface area (Å²) in [6, 6.07) is 9.75. The lowest BCUT2D eigenvalue weighted by atomic mass is 10.0. The quantitative estimate of drug-likeness (QED) is 0.822. The average molecular weight is 299 g/mol. The van der Waals surface area contributed by atoms with Crippen LogP contribution in [-0.4, -0.2) is 10.1 Å². The van der Waals surface area contributed by atoms with E-state index in [4.69, 9.17) is 0 Å². The van der Waals surface area contributed by atoms with Crippen LogP contribution in [0.1, 0.15) is 17.2 Å². The molecule has 0 saturated carbocycles. The highest BCUT2D eigenvalue weighted by Gasteiger charge is 2.09. The Hall–Kier alpha value is -0.810. The molecule has 1 atom stereocenters. The molecular formula is C11H10INO. The molecule has 2 nitrogen and oxygen atoms in total. The average Bonchev–Trinajstić information content (AvgIpc) is 2.71. The van der Waals surface area contributed by atoms with E-state index in [-0.39, 0.29) is 0 Å². The molecule has 0 saturated heterocycles. The highest BCUT2D eigenvalue weighted by Crippen LogP contribution is 2.21. The fraction of sp³-hybridized carbons (Fsp3) is 0.0909. The van der Waals surface area contributed by atoms with Crippen molar-refractivity contribution in [3.63, 3.8) is 0 Å². The van der Waals surface area contributed by atoms with Gasteiger partial charge in [0, 0.05) is 21.5 Å². The topological polar surface area (TPSA) is 36.0 Å². The number of H-pyrrole nitrogens is 1. The van der Waals surface area contributed by atoms with Crippen molar-refractivity contribution in [2.75, 3.05) is 0 Å². The maximum Gasteiger partial charge on any atom is 0.106 e. The van der Waals surface area contributed by atoms with Gasteiger partial charge in [0.15, 0.2) is 0 Å². The molecule has 3 heteroatoms. The van der Waals surface area contributed by atoms with Gasteiger partial charge >= 0.3 is 0 Å². The van der Waals surface area contributed by atoms with Gasteiger partial charge in [0.25, 0.3) is 0 Å². The van der Waals surface area contributed by atoms with Crippen LogP contribution < -0.4 is 0 Å². The summed E-state index contributed by atoms with van der Waals surface area (Å²) in [6.45, 7) is 0. The lowest BCUT2D eigenvalue weighted by molar-refractivity contribution is 0.220. The number of nitrogens with one attached hydrogen (secondary N) is 1. The van der Waals surface area contributed by atoms with Crippen LogP contribution >= 0.6 is 22.6 Å². The van der Waals surface area contributed by atoms with Gasteiger partial charge in [0.1, 0.15) is 6.10 Å². The van der Waals surface area contributed by atoms with Crippen molar-refractivity contribution in [3.8, 4) is 0 Å². The molecular weight excluding hydrogens is 289 g/mol. The summed E-state index contributed by atoms with van der Waals surface area (Å²) >= 11 is 2.25. The van der Waals surface area contributed by atoms with Gasteiger partial charge in [-0.05, 0) is 46.4 Å². The number of aliphatic hydroxyl groups excluding tert-OH is 1. The minimum atomic E-state index is -0.529. The van der Waals surface area contributed by atoms with Crippen LogP contribution in [0.2, 0.25) is 0 Å². The highest BCUT2D eigenvalue weighted by atomic mass is 127. The molecule has 14 heavy (non-hydrogen) atoms. The van der Waals surface area contributed by atoms with Gasteiger partial charge in [0.2, 0.25) is 0 Å². The van der Waals surface area contributed by atoms with E-state index in [2.05, 4.69) is 27.6 Å². The summed E-state index contributed by atoms with van der Waals surface area (Å²) in [4.78, 5) is 2.93. The molecule has 0 aliphatic heterocycles. The fourth-order valence-electron chi connectivity index (χ4n) is 1.34. The third-order valence-electron chi connectivity index (χ3n) is 2.12. The number of hydrogen-bond acceptors (Lipinski definition) is 1. The second-order valence-corrected chi connectivity index (χ2v) is 4.34.